The molecule has 5 heterocycles. The highest BCUT2D eigenvalue weighted by atomic mass is 32.2. The zero-order valence-corrected chi connectivity index (χ0v) is 17.0. The topological polar surface area (TPSA) is 108 Å². The van der Waals surface area contributed by atoms with Crippen LogP contribution in [0.2, 0.25) is 0 Å². The summed E-state index contributed by atoms with van der Waals surface area (Å²) >= 11 is 0. The monoisotopic (exact) mass is 410 g/mol. The van der Waals surface area contributed by atoms with Gasteiger partial charge >= 0.3 is 0 Å². The third kappa shape index (κ3) is 2.34. The van der Waals surface area contributed by atoms with Gasteiger partial charge in [0, 0.05) is 35.5 Å². The lowest BCUT2D eigenvalue weighted by Crippen LogP contribution is -2.44. The van der Waals surface area contributed by atoms with E-state index in [-0.39, 0.29) is 11.8 Å². The normalized spacial score (nSPS) is 27.5. The lowest BCUT2D eigenvalue weighted by Gasteiger charge is -2.35. The van der Waals surface area contributed by atoms with Crippen LogP contribution in [0, 0.1) is 4.78 Å². The molecule has 1 saturated heterocycles. The van der Waals surface area contributed by atoms with E-state index < -0.39 is 14.5 Å². The zero-order valence-electron chi connectivity index (χ0n) is 16.1. The van der Waals surface area contributed by atoms with E-state index in [1.54, 1.807) is 6.20 Å². The number of pyridine rings is 1. The third-order valence-corrected chi connectivity index (χ3v) is 9.00. The van der Waals surface area contributed by atoms with Gasteiger partial charge in [0.15, 0.2) is 5.82 Å². The van der Waals surface area contributed by atoms with Gasteiger partial charge in [-0.25, -0.2) is 19.2 Å². The first kappa shape index (κ1) is 17.3. The minimum atomic E-state index is -2.76. The Hall–Kier alpha value is -2.52. The van der Waals surface area contributed by atoms with Crippen LogP contribution in [0.4, 0.5) is 5.82 Å². The third-order valence-electron chi connectivity index (χ3n) is 6.44. The maximum Gasteiger partial charge on any atom is 0.162 e. The molecule has 29 heavy (non-hydrogen) atoms. The van der Waals surface area contributed by atoms with Crippen molar-refractivity contribution < 1.29 is 8.95 Å². The van der Waals surface area contributed by atoms with E-state index in [9.17, 15) is 4.21 Å². The van der Waals surface area contributed by atoms with Gasteiger partial charge in [-0.2, -0.15) is 0 Å². The highest BCUT2D eigenvalue weighted by Crippen LogP contribution is 2.60. The number of nitrogens with one attached hydrogen (secondary N) is 2. The standard InChI is InChI=1S/C20H22N6O2S/c1-12-10-28-9-8-26(12)19-15-11-29(21,27)20(4-5-20)16(15)24-18(25-19)14-3-7-23-17-13(14)2-6-22-17/h2-3,6-7,12,21H,4-5,8-11H2,1H3,(H,22,23)/t12-,29?/m1/s1. The fourth-order valence-corrected chi connectivity index (χ4v) is 6.91. The first-order valence-corrected chi connectivity index (χ1v) is 11.7. The molecule has 1 aliphatic carbocycles. The molecule has 3 aromatic rings. The molecule has 150 valence electrons. The van der Waals surface area contributed by atoms with Gasteiger partial charge in [0.2, 0.25) is 0 Å². The Morgan fingerprint density at radius 2 is 2.21 bits per heavy atom. The van der Waals surface area contributed by atoms with Gasteiger partial charge in [-0.1, -0.05) is 0 Å². The Balaban J connectivity index is 1.62. The molecule has 1 spiro atoms. The highest BCUT2D eigenvalue weighted by Gasteiger charge is 2.60. The number of ether oxygens (including phenoxy) is 1. The van der Waals surface area contributed by atoms with E-state index in [4.69, 9.17) is 19.5 Å². The maximum atomic E-state index is 13.2. The summed E-state index contributed by atoms with van der Waals surface area (Å²) in [5.41, 5.74) is 3.43. The van der Waals surface area contributed by atoms with Gasteiger partial charge in [-0.3, -0.25) is 4.78 Å². The predicted molar refractivity (Wildman–Crippen MR) is 110 cm³/mol. The van der Waals surface area contributed by atoms with Gasteiger partial charge < -0.3 is 14.6 Å². The molecule has 9 heteroatoms. The number of aromatic amines is 1. The maximum absolute atomic E-state index is 13.2. The van der Waals surface area contributed by atoms with Crippen LogP contribution < -0.4 is 4.90 Å². The molecular weight excluding hydrogens is 388 g/mol. The van der Waals surface area contributed by atoms with Crippen molar-refractivity contribution in [2.24, 2.45) is 0 Å². The molecule has 2 aliphatic heterocycles. The molecule has 8 nitrogen and oxygen atoms in total. The fraction of sp³-hybridized carbons (Fsp3) is 0.450. The van der Waals surface area contributed by atoms with Crippen LogP contribution >= 0.6 is 0 Å². The second-order valence-corrected chi connectivity index (χ2v) is 10.6. The number of fused-ring (bicyclic) bond motifs is 3. The number of anilines is 1. The Morgan fingerprint density at radius 3 is 3.00 bits per heavy atom. The quantitative estimate of drug-likeness (QED) is 0.673. The van der Waals surface area contributed by atoms with Crippen molar-refractivity contribution in [1.29, 1.82) is 4.78 Å². The van der Waals surface area contributed by atoms with Crippen molar-refractivity contribution in [3.63, 3.8) is 0 Å². The first-order chi connectivity index (χ1) is 14.0. The summed E-state index contributed by atoms with van der Waals surface area (Å²) in [6.45, 7) is 4.11. The summed E-state index contributed by atoms with van der Waals surface area (Å²) in [5.74, 6) is 1.69. The van der Waals surface area contributed by atoms with Gasteiger partial charge in [0.1, 0.15) is 11.5 Å². The van der Waals surface area contributed by atoms with E-state index >= 15 is 0 Å². The molecule has 0 amide bonds. The second-order valence-electron chi connectivity index (χ2n) is 8.23. The number of rotatable bonds is 2. The van der Waals surface area contributed by atoms with Crippen LogP contribution in [0.1, 0.15) is 31.0 Å². The number of hydrogen-bond donors (Lipinski definition) is 2. The van der Waals surface area contributed by atoms with E-state index in [1.165, 1.54) is 0 Å². The van der Waals surface area contributed by atoms with E-state index in [1.807, 2.05) is 18.3 Å². The summed E-state index contributed by atoms with van der Waals surface area (Å²) in [7, 11) is -2.76. The SMILES string of the molecule is C[C@@H]1COCCN1c1nc(-c2ccnc3[nH]ccc23)nc2c1CS(=N)(=O)C21CC1. The Bertz CT molecular complexity index is 1250. The van der Waals surface area contributed by atoms with Gasteiger partial charge in [0.25, 0.3) is 0 Å². The molecule has 1 saturated carbocycles. The predicted octanol–water partition coefficient (Wildman–Crippen LogP) is 2.79. The molecule has 2 atom stereocenters. The van der Waals surface area contributed by atoms with Crippen molar-refractivity contribution >= 4 is 26.6 Å². The molecule has 6 rings (SSSR count). The van der Waals surface area contributed by atoms with Crippen molar-refractivity contribution in [2.45, 2.75) is 36.3 Å². The number of nitrogens with zero attached hydrogens (tertiary/aromatic N) is 4. The lowest BCUT2D eigenvalue weighted by molar-refractivity contribution is 0.0984. The van der Waals surface area contributed by atoms with E-state index in [0.717, 1.165) is 53.1 Å². The van der Waals surface area contributed by atoms with Gasteiger partial charge in [0.05, 0.1) is 45.2 Å². The van der Waals surface area contributed by atoms with Crippen LogP contribution in [0.15, 0.2) is 24.5 Å². The number of H-pyrrole nitrogens is 1. The summed E-state index contributed by atoms with van der Waals surface area (Å²) in [4.78, 5) is 19.7. The number of aromatic nitrogens is 4. The molecule has 2 N–H and O–H groups in total. The molecular formula is C20H22N6O2S. The first-order valence-electron chi connectivity index (χ1n) is 9.94. The lowest BCUT2D eigenvalue weighted by atomic mass is 10.1. The zero-order chi connectivity index (χ0) is 19.8. The average molecular weight is 411 g/mol. The van der Waals surface area contributed by atoms with Crippen LogP contribution in [-0.4, -0.2) is 49.9 Å². The number of morpholine rings is 1. The Labute approximate surface area is 168 Å². The van der Waals surface area contributed by atoms with Gasteiger partial charge in [-0.15, -0.1) is 0 Å². The second kappa shape index (κ2) is 5.76. The smallest absolute Gasteiger partial charge is 0.162 e. The minimum Gasteiger partial charge on any atom is -0.377 e. The molecule has 2 fully saturated rings. The molecule has 3 aromatic heterocycles. The van der Waals surface area contributed by atoms with Crippen LogP contribution in [-0.2, 0) is 25.0 Å². The van der Waals surface area contributed by atoms with Crippen molar-refractivity contribution in [2.75, 3.05) is 24.7 Å². The van der Waals surface area contributed by atoms with Crippen LogP contribution in [0.5, 0.6) is 0 Å². The van der Waals surface area contributed by atoms with Gasteiger partial charge in [-0.05, 0) is 31.9 Å². The molecule has 0 bridgehead atoms. The Morgan fingerprint density at radius 1 is 1.34 bits per heavy atom. The summed E-state index contributed by atoms with van der Waals surface area (Å²) < 4.78 is 26.8. The average Bonchev–Trinajstić information content (AvgIpc) is 3.33. The fourth-order valence-electron chi connectivity index (χ4n) is 4.72. The van der Waals surface area contributed by atoms with Crippen molar-refractivity contribution in [3.8, 4) is 11.4 Å². The van der Waals surface area contributed by atoms with Crippen molar-refractivity contribution in [3.05, 3.63) is 35.8 Å². The summed E-state index contributed by atoms with van der Waals surface area (Å²) in [6, 6.07) is 4.07. The number of hydrogen-bond acceptors (Lipinski definition) is 7. The molecule has 0 radical (unpaired) electrons. The Kier molecular flexibility index (Phi) is 3.45. The summed E-state index contributed by atoms with van der Waals surface area (Å²) in [5, 5.41) is 0.961. The summed E-state index contributed by atoms with van der Waals surface area (Å²) in [6.07, 6.45) is 5.15. The van der Waals surface area contributed by atoms with Crippen molar-refractivity contribution in [1.82, 2.24) is 19.9 Å². The highest BCUT2D eigenvalue weighted by molar-refractivity contribution is 7.93. The van der Waals surface area contributed by atoms with Crippen LogP contribution in [0.25, 0.3) is 22.4 Å². The largest absolute Gasteiger partial charge is 0.377 e. The van der Waals surface area contributed by atoms with E-state index in [2.05, 4.69) is 21.8 Å². The van der Waals surface area contributed by atoms with Crippen LogP contribution in [0.3, 0.4) is 0 Å². The molecule has 1 unspecified atom stereocenters. The van der Waals surface area contributed by atoms with E-state index in [0.29, 0.717) is 19.0 Å². The minimum absolute atomic E-state index is 0.165. The molecule has 3 aliphatic rings. The molecule has 0 aromatic carbocycles.